The highest BCUT2D eigenvalue weighted by molar-refractivity contribution is 5.67. The van der Waals surface area contributed by atoms with Crippen LogP contribution < -0.4 is 16.2 Å². The summed E-state index contributed by atoms with van der Waals surface area (Å²) in [7, 11) is 0. The molecule has 136 valence electrons. The van der Waals surface area contributed by atoms with E-state index in [1.807, 2.05) is 6.20 Å². The van der Waals surface area contributed by atoms with Gasteiger partial charge >= 0.3 is 6.09 Å². The highest BCUT2D eigenvalue weighted by Gasteiger charge is 2.41. The number of pyridine rings is 1. The molecule has 7 nitrogen and oxygen atoms in total. The number of hydrazine groups is 1. The van der Waals surface area contributed by atoms with Gasteiger partial charge < -0.3 is 14.8 Å². The van der Waals surface area contributed by atoms with Gasteiger partial charge in [-0.15, -0.1) is 0 Å². The largest absolute Gasteiger partial charge is 0.445 e. The lowest BCUT2D eigenvalue weighted by molar-refractivity contribution is -0.0380. The van der Waals surface area contributed by atoms with Crippen molar-refractivity contribution in [1.29, 1.82) is 0 Å². The summed E-state index contributed by atoms with van der Waals surface area (Å²) in [5.74, 6) is 0.480. The van der Waals surface area contributed by atoms with E-state index in [1.165, 1.54) is 0 Å². The number of rotatable bonds is 0. The zero-order valence-electron chi connectivity index (χ0n) is 14.5. The lowest BCUT2D eigenvalue weighted by atomic mass is 9.78. The SMILES string of the molecule is C[C@@H]1CCNC(=O)OCc2cncc(c2)C2NNC3CCC(CC32)O1. The first-order chi connectivity index (χ1) is 12.2. The van der Waals surface area contributed by atoms with Crippen molar-refractivity contribution in [2.45, 2.75) is 63.5 Å². The van der Waals surface area contributed by atoms with Crippen molar-refractivity contribution < 1.29 is 14.3 Å². The Hall–Kier alpha value is -1.70. The Bertz CT molecular complexity index is 626. The van der Waals surface area contributed by atoms with Gasteiger partial charge in [-0.25, -0.2) is 10.2 Å². The summed E-state index contributed by atoms with van der Waals surface area (Å²) in [6, 6.07) is 2.76. The topological polar surface area (TPSA) is 84.5 Å². The number of carbonyl (C=O) groups is 1. The Labute approximate surface area is 147 Å². The van der Waals surface area contributed by atoms with E-state index in [-0.39, 0.29) is 24.9 Å². The first kappa shape index (κ1) is 16.8. The van der Waals surface area contributed by atoms with Gasteiger partial charge in [0.05, 0.1) is 18.2 Å². The normalized spacial score (nSPS) is 35.9. The molecule has 0 aromatic carbocycles. The zero-order chi connectivity index (χ0) is 17.2. The number of nitrogens with one attached hydrogen (secondary N) is 3. The van der Waals surface area contributed by atoms with Crippen LogP contribution >= 0.6 is 0 Å². The van der Waals surface area contributed by atoms with Crippen molar-refractivity contribution in [3.63, 3.8) is 0 Å². The van der Waals surface area contributed by atoms with Crippen LogP contribution in [0.15, 0.2) is 18.5 Å². The van der Waals surface area contributed by atoms with E-state index in [0.29, 0.717) is 18.5 Å². The average molecular weight is 346 g/mol. The summed E-state index contributed by atoms with van der Waals surface area (Å²) in [5, 5.41) is 2.79. The maximum absolute atomic E-state index is 11.8. The Balaban J connectivity index is 1.58. The van der Waals surface area contributed by atoms with Crippen molar-refractivity contribution in [3.8, 4) is 0 Å². The molecule has 4 bridgehead atoms. The van der Waals surface area contributed by atoms with Gasteiger partial charge in [-0.1, -0.05) is 0 Å². The van der Waals surface area contributed by atoms with Gasteiger partial charge in [0.2, 0.25) is 0 Å². The van der Waals surface area contributed by atoms with Crippen LogP contribution in [0, 0.1) is 5.92 Å². The fourth-order valence-corrected chi connectivity index (χ4v) is 4.20. The van der Waals surface area contributed by atoms with Crippen LogP contribution in [0.1, 0.15) is 49.8 Å². The van der Waals surface area contributed by atoms with Gasteiger partial charge in [-0.05, 0) is 50.2 Å². The number of ether oxygens (including phenoxy) is 2. The molecule has 3 N–H and O–H groups in total. The molecule has 0 radical (unpaired) electrons. The van der Waals surface area contributed by atoms with Crippen LogP contribution in [-0.4, -0.2) is 35.9 Å². The Morgan fingerprint density at radius 1 is 1.20 bits per heavy atom. The molecule has 2 aliphatic heterocycles. The number of nitrogens with zero attached hydrogens (tertiary/aromatic N) is 1. The molecule has 2 fully saturated rings. The third kappa shape index (κ3) is 3.78. The van der Waals surface area contributed by atoms with E-state index in [2.05, 4.69) is 34.1 Å². The Morgan fingerprint density at radius 3 is 3.04 bits per heavy atom. The van der Waals surface area contributed by atoms with Crippen LogP contribution in [0.2, 0.25) is 0 Å². The minimum atomic E-state index is -0.396. The number of hydrogen-bond donors (Lipinski definition) is 3. The molecule has 1 aliphatic carbocycles. The standard InChI is InChI=1S/C18H26N4O3/c1-11-4-5-20-18(23)24-10-12-6-13(9-19-8-12)17-15-7-14(25-11)2-3-16(15)21-22-17/h6,8-9,11,14-17,21-22H,2-5,7,10H2,1H3,(H,20,23)/t11-,14?,15?,16?,17?/m1/s1. The van der Waals surface area contributed by atoms with Crippen LogP contribution in [0.4, 0.5) is 4.79 Å². The van der Waals surface area contributed by atoms with Crippen molar-refractivity contribution in [2.75, 3.05) is 6.54 Å². The maximum Gasteiger partial charge on any atom is 0.407 e. The van der Waals surface area contributed by atoms with Crippen LogP contribution in [0.25, 0.3) is 0 Å². The second-order valence-electron chi connectivity index (χ2n) is 7.34. The molecule has 25 heavy (non-hydrogen) atoms. The third-order valence-electron chi connectivity index (χ3n) is 5.49. The summed E-state index contributed by atoms with van der Waals surface area (Å²) >= 11 is 0. The molecule has 1 amide bonds. The van der Waals surface area contributed by atoms with Crippen LogP contribution in [-0.2, 0) is 16.1 Å². The minimum absolute atomic E-state index is 0.121. The monoisotopic (exact) mass is 346 g/mol. The van der Waals surface area contributed by atoms with E-state index in [0.717, 1.165) is 36.8 Å². The van der Waals surface area contributed by atoms with Gasteiger partial charge in [0.15, 0.2) is 0 Å². The fraction of sp³-hybridized carbons (Fsp3) is 0.667. The molecule has 3 heterocycles. The number of alkyl carbamates (subject to hydrolysis) is 1. The summed E-state index contributed by atoms with van der Waals surface area (Å²) in [6.45, 7) is 2.87. The van der Waals surface area contributed by atoms with Gasteiger partial charge in [0.1, 0.15) is 6.61 Å². The highest BCUT2D eigenvalue weighted by Crippen LogP contribution is 2.39. The zero-order valence-corrected chi connectivity index (χ0v) is 14.5. The van der Waals surface area contributed by atoms with E-state index in [1.54, 1.807) is 6.20 Å². The highest BCUT2D eigenvalue weighted by atomic mass is 16.5. The molecule has 4 unspecified atom stereocenters. The molecule has 1 aromatic rings. The summed E-state index contributed by atoms with van der Waals surface area (Å²) < 4.78 is 11.5. The Morgan fingerprint density at radius 2 is 2.12 bits per heavy atom. The molecule has 4 rings (SSSR count). The number of cyclic esters (lactones) is 1. The molecule has 3 aliphatic rings. The number of carbonyl (C=O) groups excluding carboxylic acids is 1. The second kappa shape index (κ2) is 7.27. The lowest BCUT2D eigenvalue weighted by Gasteiger charge is -2.34. The predicted molar refractivity (Wildman–Crippen MR) is 91.5 cm³/mol. The Kier molecular flexibility index (Phi) is 4.87. The molecule has 1 saturated carbocycles. The van der Waals surface area contributed by atoms with Gasteiger partial charge in [-0.2, -0.15) is 0 Å². The van der Waals surface area contributed by atoms with Crippen LogP contribution in [0.5, 0.6) is 0 Å². The number of aromatic nitrogens is 1. The molecule has 1 saturated heterocycles. The number of hydrogen-bond acceptors (Lipinski definition) is 6. The maximum atomic E-state index is 11.8. The summed E-state index contributed by atoms with van der Waals surface area (Å²) in [4.78, 5) is 16.2. The smallest absolute Gasteiger partial charge is 0.407 e. The van der Waals surface area contributed by atoms with Gasteiger partial charge in [0.25, 0.3) is 0 Å². The number of fused-ring (bicyclic) bond motifs is 4. The van der Waals surface area contributed by atoms with E-state index < -0.39 is 6.09 Å². The van der Waals surface area contributed by atoms with Gasteiger partial charge in [0, 0.05) is 30.5 Å². The first-order valence-corrected chi connectivity index (χ1v) is 9.20. The molecular formula is C18H26N4O3. The third-order valence-corrected chi connectivity index (χ3v) is 5.49. The van der Waals surface area contributed by atoms with Gasteiger partial charge in [-0.3, -0.25) is 10.4 Å². The van der Waals surface area contributed by atoms with Crippen molar-refractivity contribution in [2.24, 2.45) is 5.92 Å². The minimum Gasteiger partial charge on any atom is -0.445 e. The number of amides is 1. The van der Waals surface area contributed by atoms with Crippen molar-refractivity contribution >= 4 is 6.09 Å². The summed E-state index contributed by atoms with van der Waals surface area (Å²) in [5.41, 5.74) is 8.93. The van der Waals surface area contributed by atoms with Crippen LogP contribution in [0.3, 0.4) is 0 Å². The molecular weight excluding hydrogens is 320 g/mol. The van der Waals surface area contributed by atoms with E-state index in [4.69, 9.17) is 9.47 Å². The molecule has 0 spiro atoms. The molecule has 7 heteroatoms. The predicted octanol–water partition coefficient (Wildman–Crippen LogP) is 1.80. The quantitative estimate of drug-likeness (QED) is 0.664. The summed E-state index contributed by atoms with van der Waals surface area (Å²) in [6.07, 6.45) is 7.65. The van der Waals surface area contributed by atoms with Crippen molar-refractivity contribution in [3.05, 3.63) is 29.6 Å². The average Bonchev–Trinajstić information content (AvgIpc) is 3.03. The molecule has 1 aromatic heterocycles. The van der Waals surface area contributed by atoms with E-state index in [9.17, 15) is 4.79 Å². The van der Waals surface area contributed by atoms with Crippen molar-refractivity contribution in [1.82, 2.24) is 21.2 Å². The lowest BCUT2D eigenvalue weighted by Crippen LogP contribution is -2.38. The first-order valence-electron chi connectivity index (χ1n) is 9.20. The van der Waals surface area contributed by atoms with E-state index >= 15 is 0 Å². The fourth-order valence-electron chi connectivity index (χ4n) is 4.20. The molecule has 5 atom stereocenters. The second-order valence-corrected chi connectivity index (χ2v) is 7.34.